The van der Waals surface area contributed by atoms with Gasteiger partial charge in [0, 0.05) is 24.8 Å². The van der Waals surface area contributed by atoms with E-state index in [1.165, 1.54) is 0 Å². The molecule has 1 aromatic rings. The fourth-order valence-electron chi connectivity index (χ4n) is 2.55. The van der Waals surface area contributed by atoms with Gasteiger partial charge in [0.25, 0.3) is 0 Å². The molecule has 2 N–H and O–H groups in total. The molecule has 1 aromatic carbocycles. The molecule has 1 heterocycles. The highest BCUT2D eigenvalue weighted by molar-refractivity contribution is 5.92. The third-order valence-electron chi connectivity index (χ3n) is 3.79. The van der Waals surface area contributed by atoms with Crippen molar-refractivity contribution >= 4 is 36.4 Å². The number of amides is 1. The van der Waals surface area contributed by atoms with Gasteiger partial charge in [-0.2, -0.15) is 0 Å². The zero-order chi connectivity index (χ0) is 15.8. The van der Waals surface area contributed by atoms with E-state index in [1.807, 2.05) is 24.3 Å². The zero-order valence-electron chi connectivity index (χ0n) is 14.4. The number of anilines is 1. The summed E-state index contributed by atoms with van der Waals surface area (Å²) in [6.45, 7) is 3.47. The first-order valence-corrected chi connectivity index (χ1v) is 8.04. The number of ether oxygens (including phenoxy) is 1. The molecule has 0 bridgehead atoms. The number of carbonyl (C=O) groups excluding carboxylic acids is 1. The fourth-order valence-corrected chi connectivity index (χ4v) is 2.55. The molecule has 2 rings (SSSR count). The number of hydrogen-bond acceptors (Lipinski definition) is 4. The molecule has 1 saturated heterocycles. The molecular formula is C17H29Cl2N3O2. The number of halogens is 2. The number of rotatable bonds is 7. The Morgan fingerprint density at radius 3 is 2.83 bits per heavy atom. The van der Waals surface area contributed by atoms with E-state index in [-0.39, 0.29) is 36.6 Å². The summed E-state index contributed by atoms with van der Waals surface area (Å²) in [6, 6.07) is 7.63. The Balaban J connectivity index is 0.00000264. The highest BCUT2D eigenvalue weighted by atomic mass is 35.5. The lowest BCUT2D eigenvalue weighted by atomic mass is 9.99. The maximum Gasteiger partial charge on any atom is 0.228 e. The second kappa shape index (κ2) is 12.4. The molecule has 24 heavy (non-hydrogen) atoms. The van der Waals surface area contributed by atoms with Crippen molar-refractivity contribution < 1.29 is 9.53 Å². The zero-order valence-corrected chi connectivity index (χ0v) is 16.0. The summed E-state index contributed by atoms with van der Waals surface area (Å²) in [5.74, 6) is 0.966. The van der Waals surface area contributed by atoms with Crippen LogP contribution < -0.4 is 15.4 Å². The molecule has 1 unspecified atom stereocenters. The van der Waals surface area contributed by atoms with Crippen molar-refractivity contribution in [2.75, 3.05) is 45.7 Å². The predicted molar refractivity (Wildman–Crippen MR) is 104 cm³/mol. The summed E-state index contributed by atoms with van der Waals surface area (Å²) < 4.78 is 5.73. The van der Waals surface area contributed by atoms with Gasteiger partial charge < -0.3 is 20.3 Å². The summed E-state index contributed by atoms with van der Waals surface area (Å²) in [5, 5.41) is 6.26. The summed E-state index contributed by atoms with van der Waals surface area (Å²) in [5.41, 5.74) is 0.806. The van der Waals surface area contributed by atoms with Gasteiger partial charge in [0.2, 0.25) is 5.91 Å². The molecule has 5 nitrogen and oxygen atoms in total. The summed E-state index contributed by atoms with van der Waals surface area (Å²) >= 11 is 0. The van der Waals surface area contributed by atoms with Crippen LogP contribution in [0.3, 0.4) is 0 Å². The second-order valence-electron chi connectivity index (χ2n) is 6.07. The Morgan fingerprint density at radius 1 is 1.38 bits per heavy atom. The van der Waals surface area contributed by atoms with Crippen molar-refractivity contribution in [1.29, 1.82) is 0 Å². The minimum atomic E-state index is 0. The van der Waals surface area contributed by atoms with E-state index < -0.39 is 0 Å². The molecule has 0 aromatic heterocycles. The van der Waals surface area contributed by atoms with Crippen LogP contribution in [0.5, 0.6) is 5.75 Å². The Kier molecular flexibility index (Phi) is 11.8. The largest absolute Gasteiger partial charge is 0.493 e. The average molecular weight is 378 g/mol. The normalized spacial score (nSPS) is 16.7. The molecule has 1 fully saturated rings. The maximum atomic E-state index is 12.2. The van der Waals surface area contributed by atoms with Gasteiger partial charge in [0.05, 0.1) is 12.5 Å². The van der Waals surface area contributed by atoms with Gasteiger partial charge in [-0.15, -0.1) is 24.8 Å². The first kappa shape index (κ1) is 23.0. The van der Waals surface area contributed by atoms with E-state index in [9.17, 15) is 4.79 Å². The Bertz CT molecular complexity index is 481. The van der Waals surface area contributed by atoms with Gasteiger partial charge in [-0.1, -0.05) is 6.07 Å². The van der Waals surface area contributed by atoms with Crippen molar-refractivity contribution in [3.8, 4) is 5.75 Å². The molecule has 0 saturated carbocycles. The van der Waals surface area contributed by atoms with Gasteiger partial charge in [-0.25, -0.2) is 0 Å². The van der Waals surface area contributed by atoms with Crippen molar-refractivity contribution in [2.24, 2.45) is 5.92 Å². The molecule has 1 aliphatic heterocycles. The molecular weight excluding hydrogens is 349 g/mol. The van der Waals surface area contributed by atoms with Gasteiger partial charge in [0.15, 0.2) is 0 Å². The lowest BCUT2D eigenvalue weighted by Gasteiger charge is -2.22. The van der Waals surface area contributed by atoms with E-state index in [4.69, 9.17) is 4.74 Å². The average Bonchev–Trinajstić information content (AvgIpc) is 2.52. The SMILES string of the molecule is CN(C)CCCOc1cccc(NC(=O)C2CCCNC2)c1.Cl.Cl. The van der Waals surface area contributed by atoms with Crippen LogP contribution in [0.4, 0.5) is 5.69 Å². The van der Waals surface area contributed by atoms with Crippen LogP contribution in [-0.2, 0) is 4.79 Å². The van der Waals surface area contributed by atoms with E-state index >= 15 is 0 Å². The number of benzene rings is 1. The second-order valence-corrected chi connectivity index (χ2v) is 6.07. The highest BCUT2D eigenvalue weighted by Crippen LogP contribution is 2.19. The third-order valence-corrected chi connectivity index (χ3v) is 3.79. The molecule has 7 heteroatoms. The quantitative estimate of drug-likeness (QED) is 0.717. The molecule has 1 atom stereocenters. The molecule has 0 radical (unpaired) electrons. The van der Waals surface area contributed by atoms with E-state index in [1.54, 1.807) is 0 Å². The third kappa shape index (κ3) is 8.20. The van der Waals surface area contributed by atoms with Crippen LogP contribution in [0, 0.1) is 5.92 Å². The molecule has 0 aliphatic carbocycles. The van der Waals surface area contributed by atoms with E-state index in [0.717, 1.165) is 50.3 Å². The first-order valence-electron chi connectivity index (χ1n) is 8.04. The van der Waals surface area contributed by atoms with Crippen LogP contribution >= 0.6 is 24.8 Å². The van der Waals surface area contributed by atoms with Crippen molar-refractivity contribution in [2.45, 2.75) is 19.3 Å². The van der Waals surface area contributed by atoms with Crippen molar-refractivity contribution in [3.05, 3.63) is 24.3 Å². The number of hydrogen-bond donors (Lipinski definition) is 2. The van der Waals surface area contributed by atoms with Crippen LogP contribution in [0.15, 0.2) is 24.3 Å². The van der Waals surface area contributed by atoms with Gasteiger partial charge in [0.1, 0.15) is 5.75 Å². The van der Waals surface area contributed by atoms with Crippen LogP contribution in [0.25, 0.3) is 0 Å². The topological polar surface area (TPSA) is 53.6 Å². The fraction of sp³-hybridized carbons (Fsp3) is 0.588. The lowest BCUT2D eigenvalue weighted by Crippen LogP contribution is -2.37. The van der Waals surface area contributed by atoms with Crippen molar-refractivity contribution in [1.82, 2.24) is 10.2 Å². The Hall–Kier alpha value is -1.01. The Labute approximate surface area is 157 Å². The summed E-state index contributed by atoms with van der Waals surface area (Å²) in [7, 11) is 4.10. The number of nitrogens with one attached hydrogen (secondary N) is 2. The Morgan fingerprint density at radius 2 is 2.17 bits per heavy atom. The number of carbonyl (C=O) groups is 1. The first-order chi connectivity index (χ1) is 10.6. The predicted octanol–water partition coefficient (Wildman–Crippen LogP) is 2.80. The monoisotopic (exact) mass is 377 g/mol. The van der Waals surface area contributed by atoms with Gasteiger partial charge in [-0.05, 0) is 52.0 Å². The van der Waals surface area contributed by atoms with Gasteiger partial charge in [-0.3, -0.25) is 4.79 Å². The van der Waals surface area contributed by atoms with Crippen LogP contribution in [0.1, 0.15) is 19.3 Å². The van der Waals surface area contributed by atoms with E-state index in [2.05, 4.69) is 29.6 Å². The number of piperidine rings is 1. The van der Waals surface area contributed by atoms with Crippen molar-refractivity contribution in [3.63, 3.8) is 0 Å². The molecule has 1 aliphatic rings. The van der Waals surface area contributed by atoms with Crippen LogP contribution in [-0.4, -0.2) is 51.1 Å². The standard InChI is InChI=1S/C17H27N3O2.2ClH/c1-20(2)10-5-11-22-16-8-3-7-15(12-16)19-17(21)14-6-4-9-18-13-14;;/h3,7-8,12,14,18H,4-6,9-11,13H2,1-2H3,(H,19,21);2*1H. The minimum Gasteiger partial charge on any atom is -0.493 e. The summed E-state index contributed by atoms with van der Waals surface area (Å²) in [6.07, 6.45) is 3.00. The smallest absolute Gasteiger partial charge is 0.228 e. The minimum absolute atomic E-state index is 0. The van der Waals surface area contributed by atoms with Crippen LogP contribution in [0.2, 0.25) is 0 Å². The summed E-state index contributed by atoms with van der Waals surface area (Å²) in [4.78, 5) is 14.4. The van der Waals surface area contributed by atoms with E-state index in [0.29, 0.717) is 6.61 Å². The molecule has 138 valence electrons. The number of nitrogens with zero attached hydrogens (tertiary/aromatic N) is 1. The molecule has 1 amide bonds. The highest BCUT2D eigenvalue weighted by Gasteiger charge is 2.20. The maximum absolute atomic E-state index is 12.2. The molecule has 0 spiro atoms. The lowest BCUT2D eigenvalue weighted by molar-refractivity contribution is -0.120. The van der Waals surface area contributed by atoms with Gasteiger partial charge >= 0.3 is 0 Å².